The van der Waals surface area contributed by atoms with Gasteiger partial charge in [-0.25, -0.2) is 0 Å². The quantitative estimate of drug-likeness (QED) is 0.739. The topological polar surface area (TPSA) is 64.9 Å². The van der Waals surface area contributed by atoms with Crippen molar-refractivity contribution in [1.29, 1.82) is 0 Å². The highest BCUT2D eigenvalue weighted by Gasteiger charge is 2.36. The minimum absolute atomic E-state index is 0. The summed E-state index contributed by atoms with van der Waals surface area (Å²) in [6, 6.07) is 0. The first kappa shape index (κ1) is 11.2. The molecule has 8 heteroatoms. The molecular weight excluding hydrogens is 199 g/mol. The smallest absolute Gasteiger partial charge is 0.338 e. The second-order valence-electron chi connectivity index (χ2n) is 1.71. The lowest BCUT2D eigenvalue weighted by Gasteiger charge is -1.95. The maximum Gasteiger partial charge on any atom is 0.455 e. The molecule has 0 aliphatic rings. The molecule has 0 aliphatic carbocycles. The van der Waals surface area contributed by atoms with E-state index in [-0.39, 0.29) is 24.8 Å². The first-order valence-corrected chi connectivity index (χ1v) is 2.64. The van der Waals surface area contributed by atoms with Gasteiger partial charge in [0.2, 0.25) is 5.89 Å². The minimum atomic E-state index is -4.56. The van der Waals surface area contributed by atoms with Crippen molar-refractivity contribution in [3.8, 4) is 0 Å². The molecule has 1 aromatic heterocycles. The molecule has 0 atom stereocenters. The maximum absolute atomic E-state index is 11.7. The normalized spacial score (nSPS) is 11.0. The third-order valence-corrected chi connectivity index (χ3v) is 0.896. The highest BCUT2D eigenvalue weighted by molar-refractivity contribution is 5.85. The molecule has 0 amide bonds. The van der Waals surface area contributed by atoms with E-state index in [1.165, 1.54) is 0 Å². The van der Waals surface area contributed by atoms with E-state index in [2.05, 4.69) is 14.7 Å². The van der Waals surface area contributed by atoms with Gasteiger partial charge in [-0.05, 0) is 0 Å². The van der Waals surface area contributed by atoms with Gasteiger partial charge in [0, 0.05) is 0 Å². The van der Waals surface area contributed by atoms with Crippen LogP contribution in [0.25, 0.3) is 0 Å². The Morgan fingerprint density at radius 3 is 2.25 bits per heavy atom. The number of aromatic nitrogens is 2. The van der Waals surface area contributed by atoms with E-state index in [1.807, 2.05) is 0 Å². The molecule has 0 saturated carbocycles. The Morgan fingerprint density at radius 2 is 2.00 bits per heavy atom. The Bertz CT molecular complexity index is 248. The molecule has 0 radical (unpaired) electrons. The molecule has 0 spiro atoms. The van der Waals surface area contributed by atoms with Crippen molar-refractivity contribution in [2.75, 3.05) is 0 Å². The summed E-state index contributed by atoms with van der Waals surface area (Å²) in [4.78, 5) is 2.97. The molecule has 0 fully saturated rings. The number of hydrogen-bond donors (Lipinski definition) is 1. The summed E-state index contributed by atoms with van der Waals surface area (Å²) in [6.07, 6.45) is -4.56. The Hall–Kier alpha value is -0.820. The minimum Gasteiger partial charge on any atom is -0.338 e. The van der Waals surface area contributed by atoms with Crippen LogP contribution in [0.1, 0.15) is 11.7 Å². The number of halogens is 4. The Morgan fingerprint density at radius 1 is 1.42 bits per heavy atom. The van der Waals surface area contributed by atoms with Gasteiger partial charge in [0.25, 0.3) is 5.82 Å². The molecule has 0 saturated heterocycles. The van der Waals surface area contributed by atoms with Crippen molar-refractivity contribution in [2.45, 2.75) is 12.7 Å². The number of hydrogen-bond acceptors (Lipinski definition) is 4. The summed E-state index contributed by atoms with van der Waals surface area (Å²) in [5.74, 6) is -1.52. The number of rotatable bonds is 1. The van der Waals surface area contributed by atoms with Crippen LogP contribution in [-0.2, 0) is 12.7 Å². The lowest BCUT2D eigenvalue weighted by atomic mass is 10.6. The molecule has 2 N–H and O–H groups in total. The fourth-order valence-electron chi connectivity index (χ4n) is 0.453. The van der Waals surface area contributed by atoms with Crippen LogP contribution in [0.5, 0.6) is 0 Å². The van der Waals surface area contributed by atoms with Crippen molar-refractivity contribution >= 4 is 12.4 Å². The predicted molar refractivity (Wildman–Crippen MR) is 34.4 cm³/mol. The van der Waals surface area contributed by atoms with Gasteiger partial charge in [-0.1, -0.05) is 5.16 Å². The van der Waals surface area contributed by atoms with Crippen LogP contribution in [0.3, 0.4) is 0 Å². The SMILES string of the molecule is Cl.NCc1nc(C(F)(F)F)no1. The highest BCUT2D eigenvalue weighted by atomic mass is 35.5. The Labute approximate surface area is 71.3 Å². The third kappa shape index (κ3) is 2.35. The molecule has 0 unspecified atom stereocenters. The van der Waals surface area contributed by atoms with Crippen LogP contribution in [0.2, 0.25) is 0 Å². The van der Waals surface area contributed by atoms with Gasteiger partial charge in [0.15, 0.2) is 0 Å². The Balaban J connectivity index is 0.00000121. The molecule has 70 valence electrons. The van der Waals surface area contributed by atoms with Crippen molar-refractivity contribution < 1.29 is 17.7 Å². The molecule has 0 aliphatic heterocycles. The van der Waals surface area contributed by atoms with Crippen molar-refractivity contribution in [3.63, 3.8) is 0 Å². The zero-order valence-corrected chi connectivity index (χ0v) is 6.45. The zero-order valence-electron chi connectivity index (χ0n) is 5.63. The van der Waals surface area contributed by atoms with Crippen LogP contribution in [0.15, 0.2) is 4.52 Å². The average Bonchev–Trinajstić information content (AvgIpc) is 2.32. The van der Waals surface area contributed by atoms with Crippen molar-refractivity contribution in [1.82, 2.24) is 10.1 Å². The second kappa shape index (κ2) is 3.72. The summed E-state index contributed by atoms with van der Waals surface area (Å²) < 4.78 is 39.3. The molecule has 1 rings (SSSR count). The van der Waals surface area contributed by atoms with Gasteiger partial charge in [0.1, 0.15) is 0 Å². The fourth-order valence-corrected chi connectivity index (χ4v) is 0.453. The van der Waals surface area contributed by atoms with Crippen LogP contribution in [-0.4, -0.2) is 10.1 Å². The lowest BCUT2D eigenvalue weighted by Crippen LogP contribution is -2.07. The molecule has 1 heterocycles. The first-order valence-electron chi connectivity index (χ1n) is 2.64. The lowest BCUT2D eigenvalue weighted by molar-refractivity contribution is -0.146. The highest BCUT2D eigenvalue weighted by Crippen LogP contribution is 2.25. The van der Waals surface area contributed by atoms with Crippen LogP contribution in [0, 0.1) is 0 Å². The van der Waals surface area contributed by atoms with Gasteiger partial charge in [-0.2, -0.15) is 18.2 Å². The molecule has 0 aromatic carbocycles. The zero-order chi connectivity index (χ0) is 8.48. The van der Waals surface area contributed by atoms with Crippen molar-refractivity contribution in [2.24, 2.45) is 5.73 Å². The van der Waals surface area contributed by atoms with E-state index in [9.17, 15) is 13.2 Å². The van der Waals surface area contributed by atoms with Gasteiger partial charge in [-0.15, -0.1) is 12.4 Å². The largest absolute Gasteiger partial charge is 0.455 e. The van der Waals surface area contributed by atoms with Crippen molar-refractivity contribution in [3.05, 3.63) is 11.7 Å². The number of nitrogens with two attached hydrogens (primary N) is 1. The van der Waals surface area contributed by atoms with E-state index >= 15 is 0 Å². The third-order valence-electron chi connectivity index (χ3n) is 0.896. The average molecular weight is 204 g/mol. The monoisotopic (exact) mass is 203 g/mol. The standard InChI is InChI=1S/C4H4F3N3O.ClH/c5-4(6,7)3-9-2(1-8)11-10-3;/h1,8H2;1H. The first-order chi connectivity index (χ1) is 5.04. The number of nitrogens with zero attached hydrogens (tertiary/aromatic N) is 2. The van der Waals surface area contributed by atoms with E-state index in [0.29, 0.717) is 0 Å². The van der Waals surface area contributed by atoms with Crippen LogP contribution in [0.4, 0.5) is 13.2 Å². The van der Waals surface area contributed by atoms with E-state index in [1.54, 1.807) is 0 Å². The predicted octanol–water partition coefficient (Wildman–Crippen LogP) is 0.969. The molecular formula is C4H5ClF3N3O. The summed E-state index contributed by atoms with van der Waals surface area (Å²) >= 11 is 0. The summed E-state index contributed by atoms with van der Waals surface area (Å²) in [6.45, 7) is -0.191. The van der Waals surface area contributed by atoms with Crippen LogP contribution >= 0.6 is 12.4 Å². The Kier molecular flexibility index (Phi) is 3.47. The van der Waals surface area contributed by atoms with E-state index < -0.39 is 12.0 Å². The maximum atomic E-state index is 11.7. The van der Waals surface area contributed by atoms with E-state index in [4.69, 9.17) is 5.73 Å². The fraction of sp³-hybridized carbons (Fsp3) is 0.500. The number of alkyl halides is 3. The molecule has 12 heavy (non-hydrogen) atoms. The van der Waals surface area contributed by atoms with E-state index in [0.717, 1.165) is 0 Å². The van der Waals surface area contributed by atoms with Gasteiger partial charge < -0.3 is 10.3 Å². The van der Waals surface area contributed by atoms with Gasteiger partial charge >= 0.3 is 6.18 Å². The summed E-state index contributed by atoms with van der Waals surface area (Å²) in [5, 5.41) is 2.67. The summed E-state index contributed by atoms with van der Waals surface area (Å²) in [5.41, 5.74) is 4.94. The molecule has 0 bridgehead atoms. The molecule has 4 nitrogen and oxygen atoms in total. The van der Waals surface area contributed by atoms with Crippen LogP contribution < -0.4 is 5.73 Å². The van der Waals surface area contributed by atoms with Gasteiger partial charge in [0.05, 0.1) is 6.54 Å². The van der Waals surface area contributed by atoms with Gasteiger partial charge in [-0.3, -0.25) is 0 Å². The second-order valence-corrected chi connectivity index (χ2v) is 1.71. The molecule has 1 aromatic rings. The summed E-state index contributed by atoms with van der Waals surface area (Å²) in [7, 11) is 0.